The molecule has 26 heavy (non-hydrogen) atoms. The lowest BCUT2D eigenvalue weighted by molar-refractivity contribution is -0.123. The summed E-state index contributed by atoms with van der Waals surface area (Å²) in [5.41, 5.74) is -0.362. The minimum Gasteiger partial charge on any atom is -0.376 e. The summed E-state index contributed by atoms with van der Waals surface area (Å²) in [5.74, 6) is -1.22. The lowest BCUT2D eigenvalue weighted by Crippen LogP contribution is -2.47. The van der Waals surface area contributed by atoms with Crippen LogP contribution in [0.15, 0.2) is 24.3 Å². The van der Waals surface area contributed by atoms with E-state index in [1.54, 1.807) is 11.4 Å². The first-order valence-electron chi connectivity index (χ1n) is 8.14. The number of nitriles is 1. The van der Waals surface area contributed by atoms with Crippen LogP contribution in [0.3, 0.4) is 0 Å². The van der Waals surface area contributed by atoms with Crippen molar-refractivity contribution in [1.29, 1.82) is 5.26 Å². The Morgan fingerprint density at radius 3 is 2.54 bits per heavy atom. The summed E-state index contributed by atoms with van der Waals surface area (Å²) in [5, 5.41) is 16.6. The fourth-order valence-electron chi connectivity index (χ4n) is 2.79. The van der Waals surface area contributed by atoms with E-state index < -0.39 is 24.2 Å². The molecule has 1 saturated carbocycles. The van der Waals surface area contributed by atoms with Crippen LogP contribution in [0.25, 0.3) is 0 Å². The van der Waals surface area contributed by atoms with Crippen molar-refractivity contribution < 1.29 is 22.8 Å². The average molecular weight is 368 g/mol. The van der Waals surface area contributed by atoms with E-state index in [2.05, 4.69) is 16.7 Å². The molecule has 140 valence electrons. The Balaban J connectivity index is 1.89. The Morgan fingerprint density at radius 2 is 1.92 bits per heavy atom. The second kappa shape index (κ2) is 8.08. The van der Waals surface area contributed by atoms with Crippen molar-refractivity contribution in [3.05, 3.63) is 29.8 Å². The molecular formula is C17H19F3N4O2. The van der Waals surface area contributed by atoms with Gasteiger partial charge in [-0.15, -0.1) is 0 Å². The highest BCUT2D eigenvalue weighted by Gasteiger charge is 2.35. The zero-order valence-electron chi connectivity index (χ0n) is 13.9. The third kappa shape index (κ3) is 5.65. The molecule has 0 aliphatic heterocycles. The molecule has 6 nitrogen and oxygen atoms in total. The smallest absolute Gasteiger partial charge is 0.376 e. The van der Waals surface area contributed by atoms with Gasteiger partial charge in [-0.2, -0.15) is 18.4 Å². The largest absolute Gasteiger partial charge is 0.405 e. The van der Waals surface area contributed by atoms with E-state index in [0.717, 1.165) is 12.8 Å². The maximum Gasteiger partial charge on any atom is 0.405 e. The highest BCUT2D eigenvalue weighted by Crippen LogP contribution is 2.28. The topological polar surface area (TPSA) is 94.0 Å². The van der Waals surface area contributed by atoms with Gasteiger partial charge in [0.2, 0.25) is 5.91 Å². The van der Waals surface area contributed by atoms with E-state index in [1.807, 2.05) is 0 Å². The molecule has 0 radical (unpaired) electrons. The molecule has 0 spiro atoms. The second-order valence-corrected chi connectivity index (χ2v) is 6.18. The standard InChI is InChI=1S/C17H19F3N4O2/c18-17(19,20)11-23-15(26)12-4-3-5-13(8-12)22-9-14(25)24-16(10-21)6-1-2-7-16/h3-5,8,22H,1-2,6-7,9,11H2,(H,23,26)(H,24,25). The van der Waals surface area contributed by atoms with E-state index >= 15 is 0 Å². The first-order valence-corrected chi connectivity index (χ1v) is 8.14. The molecule has 0 bridgehead atoms. The van der Waals surface area contributed by atoms with Crippen LogP contribution in [0.2, 0.25) is 0 Å². The first-order chi connectivity index (χ1) is 12.2. The number of hydrogen-bond acceptors (Lipinski definition) is 4. The third-order valence-corrected chi connectivity index (χ3v) is 4.08. The van der Waals surface area contributed by atoms with Gasteiger partial charge in [0.15, 0.2) is 0 Å². The maximum atomic E-state index is 12.2. The molecule has 3 N–H and O–H groups in total. The fourth-order valence-corrected chi connectivity index (χ4v) is 2.79. The van der Waals surface area contributed by atoms with Gasteiger partial charge in [-0.1, -0.05) is 6.07 Å². The van der Waals surface area contributed by atoms with Gasteiger partial charge in [0.25, 0.3) is 5.91 Å². The number of anilines is 1. The highest BCUT2D eigenvalue weighted by molar-refractivity contribution is 5.95. The van der Waals surface area contributed by atoms with Crippen molar-refractivity contribution in [3.63, 3.8) is 0 Å². The van der Waals surface area contributed by atoms with Crippen LogP contribution in [0.5, 0.6) is 0 Å². The first kappa shape index (κ1) is 19.6. The molecule has 2 rings (SSSR count). The van der Waals surface area contributed by atoms with Crippen molar-refractivity contribution >= 4 is 17.5 Å². The number of nitrogens with zero attached hydrogens (tertiary/aromatic N) is 1. The molecular weight excluding hydrogens is 349 g/mol. The van der Waals surface area contributed by atoms with Crippen LogP contribution in [-0.4, -0.2) is 36.6 Å². The molecule has 9 heteroatoms. The van der Waals surface area contributed by atoms with Crippen LogP contribution in [0, 0.1) is 11.3 Å². The molecule has 0 unspecified atom stereocenters. The van der Waals surface area contributed by atoms with E-state index in [9.17, 15) is 28.0 Å². The summed E-state index contributed by atoms with van der Waals surface area (Å²) in [6.45, 7) is -1.53. The molecule has 1 aliphatic carbocycles. The van der Waals surface area contributed by atoms with Crippen molar-refractivity contribution in [1.82, 2.24) is 10.6 Å². The normalized spacial score (nSPS) is 15.8. The monoisotopic (exact) mass is 368 g/mol. The van der Waals surface area contributed by atoms with Crippen molar-refractivity contribution in [2.45, 2.75) is 37.4 Å². The summed E-state index contributed by atoms with van der Waals surface area (Å²) < 4.78 is 36.5. The maximum absolute atomic E-state index is 12.2. The van der Waals surface area contributed by atoms with Crippen molar-refractivity contribution in [2.75, 3.05) is 18.4 Å². The van der Waals surface area contributed by atoms with Gasteiger partial charge in [0.05, 0.1) is 12.6 Å². The zero-order valence-corrected chi connectivity index (χ0v) is 13.9. The highest BCUT2D eigenvalue weighted by atomic mass is 19.4. The fraction of sp³-hybridized carbons (Fsp3) is 0.471. The molecule has 0 atom stereocenters. The Bertz CT molecular complexity index is 707. The Morgan fingerprint density at radius 1 is 1.23 bits per heavy atom. The van der Waals surface area contributed by atoms with Gasteiger partial charge in [-0.05, 0) is 43.9 Å². The molecule has 0 saturated heterocycles. The number of carbonyl (C=O) groups excluding carboxylic acids is 2. The van der Waals surface area contributed by atoms with Gasteiger partial charge >= 0.3 is 6.18 Å². The van der Waals surface area contributed by atoms with Gasteiger partial charge < -0.3 is 16.0 Å². The average Bonchev–Trinajstić information content (AvgIpc) is 3.06. The van der Waals surface area contributed by atoms with E-state index in [-0.39, 0.29) is 18.0 Å². The number of amides is 2. The number of halogens is 3. The van der Waals surface area contributed by atoms with Gasteiger partial charge in [0, 0.05) is 11.3 Å². The zero-order chi connectivity index (χ0) is 19.2. The summed E-state index contributed by atoms with van der Waals surface area (Å²) in [6, 6.07) is 7.97. The molecule has 1 fully saturated rings. The molecule has 1 aromatic rings. The molecule has 2 amide bonds. The summed E-state index contributed by atoms with van der Waals surface area (Å²) in [6.07, 6.45) is -1.48. The molecule has 0 heterocycles. The Hall–Kier alpha value is -2.76. The number of carbonyl (C=O) groups is 2. The van der Waals surface area contributed by atoms with E-state index in [1.165, 1.54) is 18.2 Å². The quantitative estimate of drug-likeness (QED) is 0.718. The molecule has 1 aliphatic rings. The van der Waals surface area contributed by atoms with Crippen LogP contribution in [0.1, 0.15) is 36.0 Å². The number of nitrogens with one attached hydrogen (secondary N) is 3. The van der Waals surface area contributed by atoms with Crippen LogP contribution < -0.4 is 16.0 Å². The predicted octanol–water partition coefficient (Wildman–Crippen LogP) is 2.34. The van der Waals surface area contributed by atoms with Gasteiger partial charge in [0.1, 0.15) is 12.1 Å². The van der Waals surface area contributed by atoms with Gasteiger partial charge in [-0.3, -0.25) is 9.59 Å². The van der Waals surface area contributed by atoms with Crippen molar-refractivity contribution in [2.24, 2.45) is 0 Å². The lowest BCUT2D eigenvalue weighted by Gasteiger charge is -2.22. The summed E-state index contributed by atoms with van der Waals surface area (Å²) in [4.78, 5) is 23.8. The Labute approximate surface area is 148 Å². The predicted molar refractivity (Wildman–Crippen MR) is 88.3 cm³/mol. The summed E-state index contributed by atoms with van der Waals surface area (Å²) in [7, 11) is 0. The number of hydrogen-bond donors (Lipinski definition) is 3. The second-order valence-electron chi connectivity index (χ2n) is 6.18. The third-order valence-electron chi connectivity index (χ3n) is 4.08. The van der Waals surface area contributed by atoms with Crippen LogP contribution in [0.4, 0.5) is 18.9 Å². The van der Waals surface area contributed by atoms with Crippen LogP contribution in [-0.2, 0) is 4.79 Å². The number of rotatable bonds is 6. The minimum atomic E-state index is -4.49. The molecule has 0 aromatic heterocycles. The number of benzene rings is 1. The number of alkyl halides is 3. The molecule has 1 aromatic carbocycles. The van der Waals surface area contributed by atoms with Crippen molar-refractivity contribution in [3.8, 4) is 6.07 Å². The van der Waals surface area contributed by atoms with Crippen LogP contribution >= 0.6 is 0 Å². The Kier molecular flexibility index (Phi) is 6.08. The van der Waals surface area contributed by atoms with E-state index in [0.29, 0.717) is 18.5 Å². The SMILES string of the molecule is N#CC1(NC(=O)CNc2cccc(C(=O)NCC(F)(F)F)c2)CCCC1. The lowest BCUT2D eigenvalue weighted by atomic mass is 10.00. The van der Waals surface area contributed by atoms with E-state index in [4.69, 9.17) is 0 Å². The van der Waals surface area contributed by atoms with Gasteiger partial charge in [-0.25, -0.2) is 0 Å². The minimum absolute atomic E-state index is 0.0453. The summed E-state index contributed by atoms with van der Waals surface area (Å²) >= 11 is 0.